The van der Waals surface area contributed by atoms with Crippen LogP contribution in [0, 0.1) is 11.6 Å². The second-order valence-electron chi connectivity index (χ2n) is 7.17. The van der Waals surface area contributed by atoms with Crippen LogP contribution in [0.25, 0.3) is 23.6 Å². The van der Waals surface area contributed by atoms with E-state index in [-0.39, 0.29) is 6.42 Å². The van der Waals surface area contributed by atoms with E-state index in [2.05, 4.69) is 11.6 Å². The summed E-state index contributed by atoms with van der Waals surface area (Å²) < 4.78 is 30.2. The molecule has 1 heterocycles. The van der Waals surface area contributed by atoms with Crippen LogP contribution in [0.15, 0.2) is 59.6 Å². The molecule has 1 aromatic heterocycles. The van der Waals surface area contributed by atoms with Crippen molar-refractivity contribution in [2.24, 2.45) is 4.99 Å². The second-order valence-corrected chi connectivity index (χ2v) is 7.17. The number of allylic oxidation sites excluding steroid dienone is 2. The minimum atomic E-state index is -0.827. The summed E-state index contributed by atoms with van der Waals surface area (Å²) in [6.07, 6.45) is 9.07. The van der Waals surface area contributed by atoms with Crippen molar-refractivity contribution in [1.29, 1.82) is 0 Å². The van der Waals surface area contributed by atoms with Gasteiger partial charge in [-0.3, -0.25) is 9.79 Å². The smallest absolute Gasteiger partial charge is 0.303 e. The molecule has 0 aliphatic heterocycles. The number of carboxylic acid groups (broad SMARTS) is 1. The van der Waals surface area contributed by atoms with Crippen molar-refractivity contribution in [3.05, 3.63) is 76.8 Å². The summed E-state index contributed by atoms with van der Waals surface area (Å²) in [6.45, 7) is 4.52. The number of aliphatic carboxylic acids is 1. The van der Waals surface area contributed by atoms with Crippen LogP contribution in [0.3, 0.4) is 0 Å². The summed E-state index contributed by atoms with van der Waals surface area (Å²) in [5.74, 6) is -2.12. The number of halogens is 2. The zero-order valence-electron chi connectivity index (χ0n) is 17.1. The Kier molecular flexibility index (Phi) is 7.49. The lowest BCUT2D eigenvalue weighted by atomic mass is 10.2. The van der Waals surface area contributed by atoms with E-state index in [4.69, 9.17) is 5.11 Å². The van der Waals surface area contributed by atoms with Crippen molar-refractivity contribution in [1.82, 2.24) is 4.57 Å². The van der Waals surface area contributed by atoms with Gasteiger partial charge < -0.3 is 9.67 Å². The van der Waals surface area contributed by atoms with Crippen LogP contribution in [0.2, 0.25) is 0 Å². The average molecular weight is 422 g/mol. The first-order chi connectivity index (χ1) is 15.0. The van der Waals surface area contributed by atoms with Gasteiger partial charge >= 0.3 is 5.97 Å². The van der Waals surface area contributed by atoms with Crippen molar-refractivity contribution < 1.29 is 18.7 Å². The Labute approximate surface area is 179 Å². The summed E-state index contributed by atoms with van der Waals surface area (Å²) in [5, 5.41) is 10.2. The number of nitrogens with zero attached hydrogens (tertiary/aromatic N) is 2. The highest BCUT2D eigenvalue weighted by Gasteiger charge is 2.12. The molecule has 4 nitrogen and oxygen atoms in total. The van der Waals surface area contributed by atoms with Crippen LogP contribution < -0.4 is 10.6 Å². The van der Waals surface area contributed by atoms with Gasteiger partial charge in [0.05, 0.1) is 11.2 Å². The Morgan fingerprint density at radius 1 is 1.10 bits per heavy atom. The molecule has 0 amide bonds. The van der Waals surface area contributed by atoms with Gasteiger partial charge in [-0.1, -0.05) is 37.3 Å². The van der Waals surface area contributed by atoms with E-state index < -0.39 is 17.6 Å². The predicted octanol–water partition coefficient (Wildman–Crippen LogP) is 4.71. The fraction of sp³-hybridized carbons (Fsp3) is 0.200. The molecule has 0 aliphatic rings. The molecule has 0 spiro atoms. The summed E-state index contributed by atoms with van der Waals surface area (Å²) >= 11 is 0. The monoisotopic (exact) mass is 422 g/mol. The van der Waals surface area contributed by atoms with Crippen molar-refractivity contribution >= 4 is 41.4 Å². The van der Waals surface area contributed by atoms with E-state index in [1.54, 1.807) is 24.4 Å². The standard InChI is InChI=1S/C25H24F2N2O2/c1-18-22(12-7-8-14-28-20-10-4-2-5-11-20)29(15-9-3-6-13-24(30)31)23-17-19(26)16-21(27)25(18)23/h2,4-5,7-8,10-12,14,16-17H,1,3,6,9,13,15H2,(H,30,31)/b8-7+,22-12+,28-14?. The molecule has 0 aliphatic carbocycles. The molecule has 0 atom stereocenters. The van der Waals surface area contributed by atoms with Crippen molar-refractivity contribution in [2.45, 2.75) is 32.2 Å². The molecule has 0 bridgehead atoms. The maximum Gasteiger partial charge on any atom is 0.303 e. The van der Waals surface area contributed by atoms with Gasteiger partial charge in [0, 0.05) is 41.2 Å². The Bertz CT molecular complexity index is 1230. The Balaban J connectivity index is 1.90. The Morgan fingerprint density at radius 2 is 1.87 bits per heavy atom. The first kappa shape index (κ1) is 22.2. The minimum absolute atomic E-state index is 0.110. The quantitative estimate of drug-likeness (QED) is 0.401. The fourth-order valence-electron chi connectivity index (χ4n) is 3.49. The number of benzene rings is 2. The van der Waals surface area contributed by atoms with Crippen LogP contribution in [-0.4, -0.2) is 21.9 Å². The minimum Gasteiger partial charge on any atom is -0.481 e. The fourth-order valence-corrected chi connectivity index (χ4v) is 3.49. The van der Waals surface area contributed by atoms with Gasteiger partial charge in [-0.25, -0.2) is 8.78 Å². The van der Waals surface area contributed by atoms with Crippen molar-refractivity contribution in [2.75, 3.05) is 0 Å². The largest absolute Gasteiger partial charge is 0.481 e. The molecular weight excluding hydrogens is 398 g/mol. The zero-order valence-corrected chi connectivity index (χ0v) is 17.1. The molecular formula is C25H24F2N2O2. The van der Waals surface area contributed by atoms with E-state index in [0.717, 1.165) is 11.8 Å². The maximum atomic E-state index is 14.5. The highest BCUT2D eigenvalue weighted by molar-refractivity contribution is 5.83. The summed E-state index contributed by atoms with van der Waals surface area (Å²) in [5.41, 5.74) is 1.27. The molecule has 31 heavy (non-hydrogen) atoms. The number of unbranched alkanes of at least 4 members (excludes halogenated alkanes) is 2. The first-order valence-electron chi connectivity index (χ1n) is 10.1. The van der Waals surface area contributed by atoms with Crippen LogP contribution in [-0.2, 0) is 11.3 Å². The third-order valence-electron chi connectivity index (χ3n) is 4.93. The molecule has 1 N–H and O–H groups in total. The molecule has 3 aromatic rings. The molecule has 2 aromatic carbocycles. The maximum absolute atomic E-state index is 14.5. The van der Waals surface area contributed by atoms with Gasteiger partial charge in [0.1, 0.15) is 11.6 Å². The molecule has 0 fully saturated rings. The summed E-state index contributed by atoms with van der Waals surface area (Å²) in [7, 11) is 0. The molecule has 3 rings (SSSR count). The van der Waals surface area contributed by atoms with Crippen molar-refractivity contribution in [3.63, 3.8) is 0 Å². The topological polar surface area (TPSA) is 54.6 Å². The van der Waals surface area contributed by atoms with Gasteiger partial charge in [0.2, 0.25) is 0 Å². The lowest BCUT2D eigenvalue weighted by Crippen LogP contribution is -2.28. The zero-order chi connectivity index (χ0) is 22.2. The summed E-state index contributed by atoms with van der Waals surface area (Å²) in [6, 6.07) is 11.7. The van der Waals surface area contributed by atoms with Gasteiger partial charge in [0.25, 0.3) is 0 Å². The summed E-state index contributed by atoms with van der Waals surface area (Å²) in [4.78, 5) is 15.0. The third-order valence-corrected chi connectivity index (χ3v) is 4.93. The number of carbonyl (C=O) groups is 1. The number of hydrogen-bond acceptors (Lipinski definition) is 2. The number of rotatable bonds is 9. The number of aromatic nitrogens is 1. The van der Waals surface area contributed by atoms with E-state index >= 15 is 0 Å². The van der Waals surface area contributed by atoms with Crippen LogP contribution in [0.5, 0.6) is 0 Å². The van der Waals surface area contributed by atoms with E-state index in [1.807, 2.05) is 34.9 Å². The third kappa shape index (κ3) is 5.75. The number of carboxylic acids is 1. The SMILES string of the molecule is C=c1/c(=C\C=C\C=Nc2ccccc2)n(CCCCCC(=O)O)c2cc(F)cc(F)c12. The van der Waals surface area contributed by atoms with E-state index in [0.29, 0.717) is 47.3 Å². The molecule has 6 heteroatoms. The van der Waals surface area contributed by atoms with Gasteiger partial charge in [-0.05, 0) is 43.2 Å². The van der Waals surface area contributed by atoms with Gasteiger partial charge in [-0.15, -0.1) is 0 Å². The van der Waals surface area contributed by atoms with Gasteiger partial charge in [0.15, 0.2) is 0 Å². The molecule has 0 saturated heterocycles. The van der Waals surface area contributed by atoms with E-state index in [1.165, 1.54) is 6.07 Å². The van der Waals surface area contributed by atoms with Crippen molar-refractivity contribution in [3.8, 4) is 0 Å². The lowest BCUT2D eigenvalue weighted by Gasteiger charge is -2.06. The van der Waals surface area contributed by atoms with Crippen LogP contribution >= 0.6 is 0 Å². The van der Waals surface area contributed by atoms with Crippen LogP contribution in [0.4, 0.5) is 14.5 Å². The van der Waals surface area contributed by atoms with E-state index in [9.17, 15) is 13.6 Å². The average Bonchev–Trinajstić information content (AvgIpc) is 2.99. The number of aryl methyl sites for hydroxylation is 1. The Hall–Kier alpha value is -3.54. The first-order valence-corrected chi connectivity index (χ1v) is 10.1. The molecule has 160 valence electrons. The lowest BCUT2D eigenvalue weighted by molar-refractivity contribution is -0.137. The highest BCUT2D eigenvalue weighted by atomic mass is 19.1. The Morgan fingerprint density at radius 3 is 2.61 bits per heavy atom. The number of para-hydroxylation sites is 1. The molecule has 0 unspecified atom stereocenters. The number of hydrogen-bond donors (Lipinski definition) is 1. The second kappa shape index (κ2) is 10.5. The highest BCUT2D eigenvalue weighted by Crippen LogP contribution is 2.17. The number of aliphatic imine (C=N–C) groups is 1. The molecule has 0 radical (unpaired) electrons. The van der Waals surface area contributed by atoms with Crippen LogP contribution in [0.1, 0.15) is 25.7 Å². The van der Waals surface area contributed by atoms with Gasteiger partial charge in [-0.2, -0.15) is 0 Å². The predicted molar refractivity (Wildman–Crippen MR) is 121 cm³/mol. The normalized spacial score (nSPS) is 12.5. The molecule has 0 saturated carbocycles. The number of fused-ring (bicyclic) bond motifs is 1.